The van der Waals surface area contributed by atoms with Crippen LogP contribution in [0.3, 0.4) is 0 Å². The second kappa shape index (κ2) is 5.12. The number of H-pyrrole nitrogens is 1. The molecule has 0 radical (unpaired) electrons. The molecule has 0 bridgehead atoms. The number of nitrogens with zero attached hydrogens (tertiary/aromatic N) is 2. The summed E-state index contributed by atoms with van der Waals surface area (Å²) < 4.78 is 0. The fourth-order valence-electron chi connectivity index (χ4n) is 3.07. The summed E-state index contributed by atoms with van der Waals surface area (Å²) in [5, 5.41) is 10.8. The van der Waals surface area contributed by atoms with Gasteiger partial charge in [0.1, 0.15) is 6.04 Å². The molecule has 114 valence electrons. The number of aromatic amines is 1. The SMILES string of the molecule is O=C(NC1CC1)C1CCCN1C(=O)c1n[nH]c2ccccc12. The van der Waals surface area contributed by atoms with E-state index in [1.807, 2.05) is 24.3 Å². The maximum Gasteiger partial charge on any atom is 0.275 e. The van der Waals surface area contributed by atoms with Gasteiger partial charge in [-0.3, -0.25) is 14.7 Å². The highest BCUT2D eigenvalue weighted by Crippen LogP contribution is 2.25. The van der Waals surface area contributed by atoms with E-state index >= 15 is 0 Å². The Bertz CT molecular complexity index is 735. The Morgan fingerprint density at radius 1 is 1.23 bits per heavy atom. The molecule has 22 heavy (non-hydrogen) atoms. The Labute approximate surface area is 127 Å². The second-order valence-corrected chi connectivity index (χ2v) is 6.06. The van der Waals surface area contributed by atoms with Crippen LogP contribution in [-0.4, -0.2) is 45.5 Å². The van der Waals surface area contributed by atoms with Gasteiger partial charge in [-0.25, -0.2) is 0 Å². The Morgan fingerprint density at radius 3 is 2.86 bits per heavy atom. The number of hydrogen-bond donors (Lipinski definition) is 2. The second-order valence-electron chi connectivity index (χ2n) is 6.06. The number of hydrogen-bond acceptors (Lipinski definition) is 3. The van der Waals surface area contributed by atoms with Gasteiger partial charge in [-0.2, -0.15) is 5.10 Å². The zero-order chi connectivity index (χ0) is 15.1. The Morgan fingerprint density at radius 2 is 2.05 bits per heavy atom. The van der Waals surface area contributed by atoms with Crippen molar-refractivity contribution < 1.29 is 9.59 Å². The average molecular weight is 298 g/mol. The molecule has 0 spiro atoms. The summed E-state index contributed by atoms with van der Waals surface area (Å²) in [5.74, 6) is -0.181. The molecule has 2 heterocycles. The van der Waals surface area contributed by atoms with Crippen LogP contribution in [0.15, 0.2) is 24.3 Å². The van der Waals surface area contributed by atoms with Crippen LogP contribution >= 0.6 is 0 Å². The quantitative estimate of drug-likeness (QED) is 0.900. The third kappa shape index (κ3) is 2.24. The van der Waals surface area contributed by atoms with Gasteiger partial charge in [-0.1, -0.05) is 18.2 Å². The molecule has 2 aliphatic rings. The monoisotopic (exact) mass is 298 g/mol. The Kier molecular flexibility index (Phi) is 3.10. The van der Waals surface area contributed by atoms with E-state index in [1.165, 1.54) is 0 Å². The highest BCUT2D eigenvalue weighted by molar-refractivity contribution is 6.06. The molecule has 1 aliphatic heterocycles. The van der Waals surface area contributed by atoms with Gasteiger partial charge >= 0.3 is 0 Å². The third-order valence-electron chi connectivity index (χ3n) is 4.41. The van der Waals surface area contributed by atoms with E-state index in [0.717, 1.165) is 36.6 Å². The van der Waals surface area contributed by atoms with E-state index in [9.17, 15) is 9.59 Å². The summed E-state index contributed by atoms with van der Waals surface area (Å²) >= 11 is 0. The normalized spacial score (nSPS) is 21.3. The molecule has 1 saturated heterocycles. The molecule has 1 aromatic heterocycles. The topological polar surface area (TPSA) is 78.1 Å². The number of nitrogens with one attached hydrogen (secondary N) is 2. The largest absolute Gasteiger partial charge is 0.352 e. The summed E-state index contributed by atoms with van der Waals surface area (Å²) in [5.41, 5.74) is 1.24. The van der Waals surface area contributed by atoms with Crippen molar-refractivity contribution in [3.8, 4) is 0 Å². The van der Waals surface area contributed by atoms with Crippen LogP contribution in [0.25, 0.3) is 10.9 Å². The number of likely N-dealkylation sites (tertiary alicyclic amines) is 1. The minimum absolute atomic E-state index is 0.0202. The minimum Gasteiger partial charge on any atom is -0.352 e. The van der Waals surface area contributed by atoms with E-state index in [0.29, 0.717) is 18.3 Å². The lowest BCUT2D eigenvalue weighted by molar-refractivity contribution is -0.125. The number of carbonyl (C=O) groups is 2. The predicted octanol–water partition coefficient (Wildman–Crippen LogP) is 1.45. The number of amides is 2. The molecule has 2 fully saturated rings. The third-order valence-corrected chi connectivity index (χ3v) is 4.41. The lowest BCUT2D eigenvalue weighted by Gasteiger charge is -2.23. The Balaban J connectivity index is 1.59. The van der Waals surface area contributed by atoms with Gasteiger partial charge in [0.2, 0.25) is 5.91 Å². The average Bonchev–Trinajstić information content (AvgIpc) is 3.06. The van der Waals surface area contributed by atoms with Crippen LogP contribution in [0.4, 0.5) is 0 Å². The van der Waals surface area contributed by atoms with Crippen LogP contribution < -0.4 is 5.32 Å². The van der Waals surface area contributed by atoms with E-state index < -0.39 is 0 Å². The number of aromatic nitrogens is 2. The van der Waals surface area contributed by atoms with Crippen LogP contribution in [0.2, 0.25) is 0 Å². The fourth-order valence-corrected chi connectivity index (χ4v) is 3.07. The maximum atomic E-state index is 12.8. The molecule has 6 heteroatoms. The van der Waals surface area contributed by atoms with E-state index in [1.54, 1.807) is 4.90 Å². The summed E-state index contributed by atoms with van der Waals surface area (Å²) in [6.07, 6.45) is 3.69. The van der Waals surface area contributed by atoms with Crippen LogP contribution in [-0.2, 0) is 4.79 Å². The van der Waals surface area contributed by atoms with Crippen molar-refractivity contribution in [3.63, 3.8) is 0 Å². The van der Waals surface area contributed by atoms with Gasteiger partial charge in [-0.15, -0.1) is 0 Å². The molecule has 1 atom stereocenters. The summed E-state index contributed by atoms with van der Waals surface area (Å²) in [7, 11) is 0. The number of carbonyl (C=O) groups excluding carboxylic acids is 2. The van der Waals surface area contributed by atoms with Gasteiger partial charge in [0.25, 0.3) is 5.91 Å². The molecule has 1 aliphatic carbocycles. The number of rotatable bonds is 3. The molecule has 1 saturated carbocycles. The number of fused-ring (bicyclic) bond motifs is 1. The molecule has 2 N–H and O–H groups in total. The van der Waals surface area contributed by atoms with Crippen molar-refractivity contribution in [1.29, 1.82) is 0 Å². The lowest BCUT2D eigenvalue weighted by atomic mass is 10.1. The van der Waals surface area contributed by atoms with Gasteiger partial charge < -0.3 is 10.2 Å². The van der Waals surface area contributed by atoms with E-state index in [4.69, 9.17) is 0 Å². The first-order chi connectivity index (χ1) is 10.7. The van der Waals surface area contributed by atoms with Crippen molar-refractivity contribution in [2.45, 2.75) is 37.8 Å². The van der Waals surface area contributed by atoms with Crippen molar-refractivity contribution in [2.24, 2.45) is 0 Å². The van der Waals surface area contributed by atoms with E-state index in [-0.39, 0.29) is 17.9 Å². The lowest BCUT2D eigenvalue weighted by Crippen LogP contribution is -2.46. The predicted molar refractivity (Wildman–Crippen MR) is 81.3 cm³/mol. The minimum atomic E-state index is -0.358. The smallest absolute Gasteiger partial charge is 0.275 e. The summed E-state index contributed by atoms with van der Waals surface area (Å²) in [4.78, 5) is 26.8. The molecule has 4 rings (SSSR count). The van der Waals surface area contributed by atoms with Gasteiger partial charge in [-0.05, 0) is 31.7 Å². The molecular formula is C16H18N4O2. The molecule has 6 nitrogen and oxygen atoms in total. The molecule has 2 aromatic rings. The summed E-state index contributed by atoms with van der Waals surface area (Å²) in [6.45, 7) is 0.614. The van der Waals surface area contributed by atoms with Crippen molar-refractivity contribution in [3.05, 3.63) is 30.0 Å². The maximum absolute atomic E-state index is 12.8. The molecule has 1 aromatic carbocycles. The zero-order valence-electron chi connectivity index (χ0n) is 12.2. The molecule has 1 unspecified atom stereocenters. The van der Waals surface area contributed by atoms with E-state index in [2.05, 4.69) is 15.5 Å². The highest BCUT2D eigenvalue weighted by Gasteiger charge is 2.37. The van der Waals surface area contributed by atoms with Crippen molar-refractivity contribution in [1.82, 2.24) is 20.4 Å². The van der Waals surface area contributed by atoms with Crippen LogP contribution in [0.1, 0.15) is 36.2 Å². The molecule has 2 amide bonds. The number of benzene rings is 1. The first-order valence-corrected chi connectivity index (χ1v) is 7.78. The first-order valence-electron chi connectivity index (χ1n) is 7.78. The molecular weight excluding hydrogens is 280 g/mol. The van der Waals surface area contributed by atoms with Gasteiger partial charge in [0.15, 0.2) is 5.69 Å². The highest BCUT2D eigenvalue weighted by atomic mass is 16.2. The first kappa shape index (κ1) is 13.3. The fraction of sp³-hybridized carbons (Fsp3) is 0.438. The Hall–Kier alpha value is -2.37. The van der Waals surface area contributed by atoms with Gasteiger partial charge in [0, 0.05) is 18.0 Å². The van der Waals surface area contributed by atoms with Gasteiger partial charge in [0.05, 0.1) is 5.52 Å². The summed E-state index contributed by atoms with van der Waals surface area (Å²) in [6, 6.07) is 7.51. The van der Waals surface area contributed by atoms with Crippen LogP contribution in [0.5, 0.6) is 0 Å². The zero-order valence-corrected chi connectivity index (χ0v) is 12.2. The van der Waals surface area contributed by atoms with Crippen LogP contribution in [0, 0.1) is 0 Å². The standard InChI is InChI=1S/C16H18N4O2/c21-15(17-10-7-8-10)13-6-3-9-20(13)16(22)14-11-4-1-2-5-12(11)18-19-14/h1-2,4-5,10,13H,3,6-9H2,(H,17,21)(H,18,19). The number of para-hydroxylation sites is 1. The van der Waals surface area contributed by atoms with Crippen molar-refractivity contribution >= 4 is 22.7 Å². The van der Waals surface area contributed by atoms with Crippen molar-refractivity contribution in [2.75, 3.05) is 6.54 Å².